The van der Waals surface area contributed by atoms with Crippen LogP contribution in [0.15, 0.2) is 18.2 Å². The van der Waals surface area contributed by atoms with Gasteiger partial charge in [-0.2, -0.15) is 5.26 Å². The number of hydrogen-bond acceptors (Lipinski definition) is 4. The summed E-state index contributed by atoms with van der Waals surface area (Å²) in [5, 5.41) is 15.1. The summed E-state index contributed by atoms with van der Waals surface area (Å²) < 4.78 is 44.2. The molecule has 2 bridgehead atoms. The van der Waals surface area contributed by atoms with Crippen molar-refractivity contribution in [2.45, 2.75) is 62.6 Å². The minimum Gasteiger partial charge on any atom is -0.356 e. The Hall–Kier alpha value is -3.26. The second kappa shape index (κ2) is 9.56. The number of fused-ring (bicyclic) bond motifs is 4. The van der Waals surface area contributed by atoms with Crippen LogP contribution in [0.25, 0.3) is 10.9 Å². The van der Waals surface area contributed by atoms with Gasteiger partial charge >= 0.3 is 0 Å². The maximum atomic E-state index is 15.0. The molecular weight excluding hydrogens is 511 g/mol. The summed E-state index contributed by atoms with van der Waals surface area (Å²) in [6.07, 6.45) is 1.06. The molecular formula is C25H25ClF3N5O3. The normalized spacial score (nSPS) is 27.4. The Labute approximate surface area is 215 Å². The van der Waals surface area contributed by atoms with E-state index in [4.69, 9.17) is 11.6 Å². The number of amides is 3. The molecule has 6 rings (SSSR count). The fourth-order valence-corrected chi connectivity index (χ4v) is 6.16. The molecule has 1 aromatic carbocycles. The van der Waals surface area contributed by atoms with Crippen LogP contribution in [-0.2, 0) is 9.59 Å². The first kappa shape index (κ1) is 25.4. The van der Waals surface area contributed by atoms with Crippen LogP contribution in [0.1, 0.15) is 49.0 Å². The van der Waals surface area contributed by atoms with E-state index in [1.54, 1.807) is 0 Å². The highest BCUT2D eigenvalue weighted by Crippen LogP contribution is 2.49. The number of rotatable bonds is 5. The van der Waals surface area contributed by atoms with Crippen molar-refractivity contribution in [2.24, 2.45) is 11.8 Å². The standard InChI is InChI=1S/C25H25ClF3N5O3/c26-17-5-6-18(27)15-9-19(33-20(15)17)24(37)34-14-3-4-16(25(28,29)10-14)21(34)23(36)32-13(11-30)8-12-2-1-7-31-22(12)35/h5-6,9,12-14,16,21,33H,1-4,7-8,10H2,(H,31,35)(H,32,36)/t12-,13-,14-,16-,21+/m0/s1. The van der Waals surface area contributed by atoms with Crippen molar-refractivity contribution in [1.82, 2.24) is 20.5 Å². The molecule has 0 spiro atoms. The lowest BCUT2D eigenvalue weighted by Gasteiger charge is -2.53. The van der Waals surface area contributed by atoms with Crippen LogP contribution in [-0.4, -0.2) is 58.2 Å². The molecule has 4 heterocycles. The molecule has 3 aliphatic heterocycles. The molecule has 5 atom stereocenters. The SMILES string of the molecule is N#C[C@H](C[C@@H]1CCCNC1=O)NC(=O)[C@H]1[C@@H]2CC[C@@H](CC2(F)F)N1C(=O)c1cc2c(F)ccc(Cl)c2[nH]1. The maximum Gasteiger partial charge on any atom is 0.271 e. The van der Waals surface area contributed by atoms with Crippen LogP contribution in [0, 0.1) is 29.0 Å². The van der Waals surface area contributed by atoms with E-state index in [0.717, 1.165) is 17.4 Å². The zero-order valence-electron chi connectivity index (χ0n) is 19.7. The monoisotopic (exact) mass is 535 g/mol. The number of halogens is 4. The van der Waals surface area contributed by atoms with Gasteiger partial charge in [-0.15, -0.1) is 0 Å². The summed E-state index contributed by atoms with van der Waals surface area (Å²) in [5.74, 6) is -7.52. The molecule has 0 radical (unpaired) electrons. The Bertz CT molecular complexity index is 1270. The lowest BCUT2D eigenvalue weighted by Crippen LogP contribution is -2.68. The minimum absolute atomic E-state index is 0.0366. The number of nitriles is 1. The second-order valence-corrected chi connectivity index (χ2v) is 10.4. The summed E-state index contributed by atoms with van der Waals surface area (Å²) >= 11 is 6.13. The topological polar surface area (TPSA) is 118 Å². The number of nitrogens with zero attached hydrogens (tertiary/aromatic N) is 2. The van der Waals surface area contributed by atoms with Crippen molar-refractivity contribution in [3.63, 3.8) is 0 Å². The lowest BCUT2D eigenvalue weighted by atomic mass is 9.71. The molecule has 37 heavy (non-hydrogen) atoms. The third-order valence-corrected chi connectivity index (χ3v) is 8.07. The molecule has 12 heteroatoms. The van der Waals surface area contributed by atoms with Crippen molar-refractivity contribution in [2.75, 3.05) is 6.54 Å². The summed E-state index contributed by atoms with van der Waals surface area (Å²) in [5.41, 5.74) is 0.111. The number of nitrogens with one attached hydrogen (secondary N) is 3. The van der Waals surface area contributed by atoms with Crippen LogP contribution in [0.4, 0.5) is 13.2 Å². The van der Waals surface area contributed by atoms with Crippen molar-refractivity contribution >= 4 is 40.2 Å². The van der Waals surface area contributed by atoms with E-state index in [9.17, 15) is 32.8 Å². The van der Waals surface area contributed by atoms with E-state index in [2.05, 4.69) is 15.6 Å². The second-order valence-electron chi connectivity index (χ2n) is 10.0. The Kier molecular flexibility index (Phi) is 6.56. The van der Waals surface area contributed by atoms with Gasteiger partial charge in [0, 0.05) is 30.3 Å². The van der Waals surface area contributed by atoms with Gasteiger partial charge in [0.1, 0.15) is 23.6 Å². The van der Waals surface area contributed by atoms with Crippen molar-refractivity contribution in [1.29, 1.82) is 5.26 Å². The Morgan fingerprint density at radius 1 is 1.30 bits per heavy atom. The summed E-state index contributed by atoms with van der Waals surface area (Å²) in [6, 6.07) is 2.15. The average molecular weight is 536 g/mol. The van der Waals surface area contributed by atoms with Gasteiger partial charge in [0.15, 0.2) is 0 Å². The first-order chi connectivity index (χ1) is 17.6. The van der Waals surface area contributed by atoms with E-state index >= 15 is 0 Å². The number of carbonyl (C=O) groups excluding carboxylic acids is 3. The lowest BCUT2D eigenvalue weighted by molar-refractivity contribution is -0.179. The fraction of sp³-hybridized carbons (Fsp3) is 0.520. The quantitative estimate of drug-likeness (QED) is 0.543. The Morgan fingerprint density at radius 3 is 2.76 bits per heavy atom. The number of aromatic amines is 1. The third-order valence-electron chi connectivity index (χ3n) is 7.75. The average Bonchev–Trinajstić information content (AvgIpc) is 3.33. The third kappa shape index (κ3) is 4.52. The van der Waals surface area contributed by atoms with Crippen LogP contribution < -0.4 is 10.6 Å². The van der Waals surface area contributed by atoms with Crippen LogP contribution in [0.3, 0.4) is 0 Å². The summed E-state index contributed by atoms with van der Waals surface area (Å²) in [4.78, 5) is 43.1. The van der Waals surface area contributed by atoms with Crippen molar-refractivity contribution < 1.29 is 27.6 Å². The predicted octanol–water partition coefficient (Wildman–Crippen LogP) is 3.51. The van der Waals surface area contributed by atoms with Gasteiger partial charge in [0.2, 0.25) is 11.8 Å². The molecule has 3 saturated heterocycles. The van der Waals surface area contributed by atoms with Gasteiger partial charge in [-0.1, -0.05) is 11.6 Å². The molecule has 0 unspecified atom stereocenters. The highest BCUT2D eigenvalue weighted by Gasteiger charge is 2.60. The molecule has 1 saturated carbocycles. The molecule has 3 N–H and O–H groups in total. The zero-order valence-corrected chi connectivity index (χ0v) is 20.5. The number of carbonyl (C=O) groups is 3. The number of hydrogen-bond donors (Lipinski definition) is 3. The van der Waals surface area contributed by atoms with Crippen LogP contribution in [0.2, 0.25) is 5.02 Å². The van der Waals surface area contributed by atoms with Gasteiger partial charge in [0.25, 0.3) is 11.8 Å². The van der Waals surface area contributed by atoms with Crippen LogP contribution in [0.5, 0.6) is 0 Å². The number of H-pyrrole nitrogens is 1. The number of aromatic nitrogens is 1. The van der Waals surface area contributed by atoms with Gasteiger partial charge in [0.05, 0.1) is 22.5 Å². The van der Waals surface area contributed by atoms with Crippen molar-refractivity contribution in [3.8, 4) is 6.07 Å². The van der Waals surface area contributed by atoms with Gasteiger partial charge in [-0.25, -0.2) is 13.2 Å². The van der Waals surface area contributed by atoms with Crippen LogP contribution >= 0.6 is 11.6 Å². The van der Waals surface area contributed by atoms with E-state index in [1.807, 2.05) is 6.07 Å². The Morgan fingerprint density at radius 2 is 2.08 bits per heavy atom. The number of benzene rings is 1. The molecule has 2 aromatic rings. The molecule has 4 fully saturated rings. The molecule has 8 nitrogen and oxygen atoms in total. The molecule has 1 aliphatic carbocycles. The highest BCUT2D eigenvalue weighted by molar-refractivity contribution is 6.35. The molecule has 196 valence electrons. The van der Waals surface area contributed by atoms with Gasteiger partial charge < -0.3 is 20.5 Å². The summed E-state index contributed by atoms with van der Waals surface area (Å²) in [7, 11) is 0. The number of piperidine rings is 3. The molecule has 3 amide bonds. The largest absolute Gasteiger partial charge is 0.356 e. The predicted molar refractivity (Wildman–Crippen MR) is 127 cm³/mol. The van der Waals surface area contributed by atoms with E-state index in [1.165, 1.54) is 12.1 Å². The van der Waals surface area contributed by atoms with E-state index < -0.39 is 59.9 Å². The number of alkyl halides is 2. The van der Waals surface area contributed by atoms with E-state index in [0.29, 0.717) is 13.0 Å². The highest BCUT2D eigenvalue weighted by atomic mass is 35.5. The minimum atomic E-state index is -3.18. The zero-order chi connectivity index (χ0) is 26.5. The van der Waals surface area contributed by atoms with Crippen molar-refractivity contribution in [3.05, 3.63) is 34.7 Å². The first-order valence-electron chi connectivity index (χ1n) is 12.3. The van der Waals surface area contributed by atoms with E-state index in [-0.39, 0.29) is 46.8 Å². The van der Waals surface area contributed by atoms with Gasteiger partial charge in [-0.05, 0) is 50.3 Å². The Balaban J connectivity index is 1.43. The fourth-order valence-electron chi connectivity index (χ4n) is 5.95. The molecule has 4 aliphatic rings. The molecule has 1 aromatic heterocycles. The first-order valence-corrected chi connectivity index (χ1v) is 12.6. The smallest absolute Gasteiger partial charge is 0.271 e. The van der Waals surface area contributed by atoms with Gasteiger partial charge in [-0.3, -0.25) is 14.4 Å². The maximum absolute atomic E-state index is 15.0. The summed E-state index contributed by atoms with van der Waals surface area (Å²) in [6.45, 7) is 0.541.